The van der Waals surface area contributed by atoms with E-state index < -0.39 is 96.3 Å². The molecule has 0 amide bonds. The maximum absolute atomic E-state index is 9.67. The van der Waals surface area contributed by atoms with E-state index in [1.165, 1.54) is 4.57 Å². The molecule has 0 unspecified atom stereocenters. The third-order valence-electron chi connectivity index (χ3n) is 6.58. The Balaban J connectivity index is 1.58. The smallest absolute Gasteiger partial charge is 0.0652 e. The molecule has 2 nitrogen and oxygen atoms in total. The zero-order chi connectivity index (χ0) is 39.0. The van der Waals surface area contributed by atoms with Gasteiger partial charge in [0.15, 0.2) is 0 Å². The highest BCUT2D eigenvalue weighted by Crippen LogP contribution is 2.37. The van der Waals surface area contributed by atoms with Crippen LogP contribution in [0.1, 0.15) is 21.9 Å². The fourth-order valence-corrected chi connectivity index (χ4v) is 4.90. The van der Waals surface area contributed by atoms with Crippen molar-refractivity contribution in [3.63, 3.8) is 0 Å². The van der Waals surface area contributed by atoms with Crippen molar-refractivity contribution in [1.29, 1.82) is 0 Å². The summed E-state index contributed by atoms with van der Waals surface area (Å²) >= 11 is 0. The molecule has 0 saturated carbocycles. The molecule has 0 fully saturated rings. The molecular formula is C36H24N2. The van der Waals surface area contributed by atoms with Gasteiger partial charge in [-0.05, 0) is 59.5 Å². The molecule has 0 aliphatic heterocycles. The first-order chi connectivity index (χ1) is 25.5. The summed E-state index contributed by atoms with van der Waals surface area (Å²) in [6.45, 7) is 0. The summed E-state index contributed by atoms with van der Waals surface area (Å²) < 4.78 is 142. The van der Waals surface area contributed by atoms with Gasteiger partial charge in [0.05, 0.1) is 44.0 Å². The molecule has 8 aromatic rings. The lowest BCUT2D eigenvalue weighted by Gasteiger charge is -2.11. The van der Waals surface area contributed by atoms with E-state index in [9.17, 15) is 4.11 Å². The normalized spacial score (nSPS) is 17.6. The maximum Gasteiger partial charge on any atom is 0.0652 e. The van der Waals surface area contributed by atoms with Gasteiger partial charge in [0.25, 0.3) is 0 Å². The van der Waals surface area contributed by atoms with E-state index in [1.54, 1.807) is 48.5 Å². The quantitative estimate of drug-likeness (QED) is 0.229. The second-order valence-corrected chi connectivity index (χ2v) is 8.62. The first-order valence-electron chi connectivity index (χ1n) is 19.7. The fraction of sp³-hybridized carbons (Fsp3) is 0. The lowest BCUT2D eigenvalue weighted by atomic mass is 10.1. The Labute approximate surface area is 243 Å². The Kier molecular flexibility index (Phi) is 2.32. The molecule has 0 spiro atoms. The van der Waals surface area contributed by atoms with Crippen molar-refractivity contribution in [2.75, 3.05) is 0 Å². The molecule has 38 heavy (non-hydrogen) atoms. The molecule has 2 heterocycles. The standard InChI is InChI=1S/C36H24N2/c1-2-10-25(11-3-1)26-18-20-27(21-19-26)37-35-17-9-6-14-31(35)32-24-28(22-23-36(32)37)38-33-15-7-4-12-29(33)30-13-5-8-16-34(30)38/h1-24H/i1D,4D,5D,6D,7D,8D,9D,12D,13D,14D,15D,16D,17D,22D,23D,24D. The van der Waals surface area contributed by atoms with Crippen molar-refractivity contribution in [2.45, 2.75) is 0 Å². The van der Waals surface area contributed by atoms with Crippen LogP contribution in [0, 0.1) is 0 Å². The molecular weight excluding hydrogens is 460 g/mol. The summed E-state index contributed by atoms with van der Waals surface area (Å²) in [6, 6.07) is 4.60. The third kappa shape index (κ3) is 3.07. The Morgan fingerprint density at radius 1 is 0.395 bits per heavy atom. The van der Waals surface area contributed by atoms with Crippen LogP contribution >= 0.6 is 0 Å². The predicted octanol–water partition coefficient (Wildman–Crippen LogP) is 9.55. The Morgan fingerprint density at radius 3 is 1.47 bits per heavy atom. The number of aromatic nitrogens is 2. The average molecular weight is 501 g/mol. The fourth-order valence-electron chi connectivity index (χ4n) is 4.90. The lowest BCUT2D eigenvalue weighted by Crippen LogP contribution is -1.95. The third-order valence-corrected chi connectivity index (χ3v) is 6.58. The van der Waals surface area contributed by atoms with Crippen LogP contribution in [0.4, 0.5) is 0 Å². The van der Waals surface area contributed by atoms with Gasteiger partial charge >= 0.3 is 0 Å². The number of rotatable bonds is 3. The van der Waals surface area contributed by atoms with Gasteiger partial charge in [0.2, 0.25) is 0 Å². The molecule has 0 N–H and O–H groups in total. The summed E-state index contributed by atoms with van der Waals surface area (Å²) in [4.78, 5) is 0. The number of benzene rings is 6. The van der Waals surface area contributed by atoms with Crippen molar-refractivity contribution in [3.05, 3.63) is 145 Å². The summed E-state index contributed by atoms with van der Waals surface area (Å²) in [5.41, 5.74) is 0.489. The molecule has 8 rings (SSSR count). The predicted molar refractivity (Wildman–Crippen MR) is 161 cm³/mol. The molecule has 0 bridgehead atoms. The van der Waals surface area contributed by atoms with Gasteiger partial charge in [0, 0.05) is 32.9 Å². The lowest BCUT2D eigenvalue weighted by molar-refractivity contribution is 1.17. The van der Waals surface area contributed by atoms with Crippen LogP contribution in [0.5, 0.6) is 0 Å². The summed E-state index contributed by atoms with van der Waals surface area (Å²) in [5, 5.41) is -0.902. The highest BCUT2D eigenvalue weighted by Gasteiger charge is 2.16. The van der Waals surface area contributed by atoms with Crippen LogP contribution in [0.25, 0.3) is 66.1 Å². The second-order valence-electron chi connectivity index (χ2n) is 8.62. The number of para-hydroxylation sites is 3. The van der Waals surface area contributed by atoms with Crippen molar-refractivity contribution in [3.8, 4) is 22.5 Å². The van der Waals surface area contributed by atoms with Gasteiger partial charge in [0.1, 0.15) is 0 Å². The summed E-state index contributed by atoms with van der Waals surface area (Å²) in [6.07, 6.45) is 0. The maximum atomic E-state index is 9.67. The van der Waals surface area contributed by atoms with Crippen molar-refractivity contribution >= 4 is 43.6 Å². The monoisotopic (exact) mass is 500 g/mol. The van der Waals surface area contributed by atoms with Gasteiger partial charge < -0.3 is 9.13 Å². The summed E-state index contributed by atoms with van der Waals surface area (Å²) in [7, 11) is 0. The average Bonchev–Trinajstić information content (AvgIpc) is 3.71. The van der Waals surface area contributed by atoms with Gasteiger partial charge in [-0.25, -0.2) is 0 Å². The molecule has 0 aliphatic carbocycles. The van der Waals surface area contributed by atoms with E-state index >= 15 is 0 Å². The summed E-state index contributed by atoms with van der Waals surface area (Å²) in [5.74, 6) is 0. The molecule has 2 aromatic heterocycles. The first-order valence-corrected chi connectivity index (χ1v) is 11.7. The van der Waals surface area contributed by atoms with Gasteiger partial charge in [-0.1, -0.05) is 96.8 Å². The van der Waals surface area contributed by atoms with Crippen molar-refractivity contribution in [2.24, 2.45) is 0 Å². The Bertz CT molecular complexity index is 2910. The molecule has 6 aromatic carbocycles. The number of hydrogen-bond acceptors (Lipinski definition) is 0. The van der Waals surface area contributed by atoms with Crippen LogP contribution in [-0.2, 0) is 0 Å². The minimum Gasteiger partial charge on any atom is -0.309 e. The van der Waals surface area contributed by atoms with Crippen LogP contribution in [-0.4, -0.2) is 9.13 Å². The molecule has 0 radical (unpaired) electrons. The largest absolute Gasteiger partial charge is 0.309 e. The second kappa shape index (κ2) is 8.22. The van der Waals surface area contributed by atoms with Crippen LogP contribution in [0.3, 0.4) is 0 Å². The van der Waals surface area contributed by atoms with Crippen molar-refractivity contribution in [1.82, 2.24) is 9.13 Å². The van der Waals surface area contributed by atoms with Crippen LogP contribution < -0.4 is 0 Å². The molecule has 178 valence electrons. The van der Waals surface area contributed by atoms with E-state index in [1.807, 2.05) is 0 Å². The molecule has 0 aliphatic rings. The van der Waals surface area contributed by atoms with E-state index in [2.05, 4.69) is 0 Å². The van der Waals surface area contributed by atoms with Gasteiger partial charge in [-0.2, -0.15) is 0 Å². The molecule has 2 heteroatoms. The minimum absolute atomic E-state index is 0.0908. The number of fused-ring (bicyclic) bond motifs is 6. The highest BCUT2D eigenvalue weighted by atomic mass is 15.0. The van der Waals surface area contributed by atoms with E-state index in [0.717, 1.165) is 15.7 Å². The van der Waals surface area contributed by atoms with Gasteiger partial charge in [-0.15, -0.1) is 0 Å². The number of hydrogen-bond donors (Lipinski definition) is 0. The SMILES string of the molecule is [2H]c1ccc(-c2ccc(-n3c4c([2H])c([2H])c([2H])c([2H])c4c4c([2H])c(-n5c6c([2H])c([2H])c([2H])c([2H])c6c6c([2H])c([2H])c([2H])c([2H])c65)c([2H])c([2H])c43)cc2)cc1. The molecule has 0 atom stereocenters. The van der Waals surface area contributed by atoms with Crippen LogP contribution in [0.2, 0.25) is 0 Å². The van der Waals surface area contributed by atoms with E-state index in [0.29, 0.717) is 11.7 Å². The van der Waals surface area contributed by atoms with Crippen LogP contribution in [0.15, 0.2) is 145 Å². The highest BCUT2D eigenvalue weighted by molar-refractivity contribution is 6.12. The zero-order valence-corrected chi connectivity index (χ0v) is 19.5. The first kappa shape index (κ1) is 10.7. The van der Waals surface area contributed by atoms with Crippen molar-refractivity contribution < 1.29 is 21.9 Å². The van der Waals surface area contributed by atoms with E-state index in [-0.39, 0.29) is 43.6 Å². The zero-order valence-electron chi connectivity index (χ0n) is 35.5. The topological polar surface area (TPSA) is 9.86 Å². The molecule has 0 saturated heterocycles. The van der Waals surface area contributed by atoms with Gasteiger partial charge in [-0.3, -0.25) is 0 Å². The minimum atomic E-state index is -0.707. The number of nitrogens with zero attached hydrogens (tertiary/aromatic N) is 2. The Morgan fingerprint density at radius 2 is 0.868 bits per heavy atom. The van der Waals surface area contributed by atoms with E-state index in [4.69, 9.17) is 17.8 Å². The Hall–Kier alpha value is -5.08.